The lowest BCUT2D eigenvalue weighted by molar-refractivity contribution is -0.118. The zero-order chi connectivity index (χ0) is 19.3. The van der Waals surface area contributed by atoms with Gasteiger partial charge in [0.25, 0.3) is 5.91 Å². The zero-order valence-electron chi connectivity index (χ0n) is 16.5. The number of rotatable bonds is 6. The maximum absolute atomic E-state index is 12.6. The standard InChI is InChI=1S/C22H33N3O2/c1-16-13-17(21(27)24-18-7-3-4-8-18)9-10-19(16)25-20(26)14-22(15-23)11-5-2-6-12-22/h9-10,13,18H,2-8,11-12,14-15,23H2,1H3,(H,24,27)(H,25,26). The van der Waals surface area contributed by atoms with Gasteiger partial charge in [0.1, 0.15) is 0 Å². The van der Waals surface area contributed by atoms with Crippen LogP contribution in [0.4, 0.5) is 5.69 Å². The number of anilines is 1. The second kappa shape index (κ2) is 8.87. The molecule has 0 aliphatic heterocycles. The first-order valence-electron chi connectivity index (χ1n) is 10.4. The normalized spacial score (nSPS) is 19.6. The highest BCUT2D eigenvalue weighted by Crippen LogP contribution is 2.38. The minimum absolute atomic E-state index is 0.0211. The molecule has 2 saturated carbocycles. The van der Waals surface area contributed by atoms with E-state index in [4.69, 9.17) is 5.73 Å². The summed E-state index contributed by atoms with van der Waals surface area (Å²) in [6.45, 7) is 2.50. The third kappa shape index (κ3) is 5.10. The van der Waals surface area contributed by atoms with Crippen LogP contribution in [0.2, 0.25) is 0 Å². The van der Waals surface area contributed by atoms with Crippen LogP contribution >= 0.6 is 0 Å². The topological polar surface area (TPSA) is 84.2 Å². The van der Waals surface area contributed by atoms with Crippen LogP contribution in [-0.4, -0.2) is 24.4 Å². The number of hydrogen-bond donors (Lipinski definition) is 3. The summed E-state index contributed by atoms with van der Waals surface area (Å²) in [7, 11) is 0. The molecule has 0 spiro atoms. The van der Waals surface area contributed by atoms with Crippen molar-refractivity contribution in [1.82, 2.24) is 5.32 Å². The summed E-state index contributed by atoms with van der Waals surface area (Å²) in [6, 6.07) is 5.80. The summed E-state index contributed by atoms with van der Waals surface area (Å²) in [5.41, 5.74) is 8.31. The van der Waals surface area contributed by atoms with E-state index in [1.165, 1.54) is 19.3 Å². The van der Waals surface area contributed by atoms with E-state index in [0.717, 1.165) is 49.8 Å². The number of nitrogens with one attached hydrogen (secondary N) is 2. The number of benzene rings is 1. The van der Waals surface area contributed by atoms with Gasteiger partial charge < -0.3 is 16.4 Å². The van der Waals surface area contributed by atoms with Gasteiger partial charge in [-0.1, -0.05) is 32.1 Å². The van der Waals surface area contributed by atoms with Crippen molar-refractivity contribution in [1.29, 1.82) is 0 Å². The molecule has 3 rings (SSSR count). The van der Waals surface area contributed by atoms with Crippen LogP contribution in [-0.2, 0) is 4.79 Å². The van der Waals surface area contributed by atoms with Crippen molar-refractivity contribution in [3.63, 3.8) is 0 Å². The first kappa shape index (κ1) is 19.9. The summed E-state index contributed by atoms with van der Waals surface area (Å²) in [5, 5.41) is 6.14. The minimum atomic E-state index is -0.0443. The highest BCUT2D eigenvalue weighted by Gasteiger charge is 2.33. The molecule has 0 unspecified atom stereocenters. The molecule has 1 aromatic carbocycles. The molecule has 0 bridgehead atoms. The lowest BCUT2D eigenvalue weighted by atomic mass is 9.71. The molecule has 2 aliphatic rings. The molecule has 0 radical (unpaired) electrons. The van der Waals surface area contributed by atoms with E-state index in [9.17, 15) is 9.59 Å². The molecular weight excluding hydrogens is 338 g/mol. The Kier molecular flexibility index (Phi) is 6.53. The van der Waals surface area contributed by atoms with E-state index < -0.39 is 0 Å². The predicted octanol–water partition coefficient (Wildman–Crippen LogP) is 3.91. The summed E-state index contributed by atoms with van der Waals surface area (Å²) < 4.78 is 0. The number of amides is 2. The van der Waals surface area contributed by atoms with E-state index in [1.807, 2.05) is 19.1 Å². The fourth-order valence-electron chi connectivity index (χ4n) is 4.57. The summed E-state index contributed by atoms with van der Waals surface area (Å²) >= 11 is 0. The lowest BCUT2D eigenvalue weighted by Gasteiger charge is -2.35. The smallest absolute Gasteiger partial charge is 0.251 e. The lowest BCUT2D eigenvalue weighted by Crippen LogP contribution is -2.36. The van der Waals surface area contributed by atoms with Crippen LogP contribution in [0.5, 0.6) is 0 Å². The van der Waals surface area contributed by atoms with E-state index in [0.29, 0.717) is 24.6 Å². The first-order valence-corrected chi connectivity index (χ1v) is 10.4. The zero-order valence-corrected chi connectivity index (χ0v) is 16.5. The van der Waals surface area contributed by atoms with Gasteiger partial charge in [-0.05, 0) is 68.3 Å². The van der Waals surface area contributed by atoms with Crippen molar-refractivity contribution in [3.8, 4) is 0 Å². The van der Waals surface area contributed by atoms with Crippen molar-refractivity contribution < 1.29 is 9.59 Å². The Morgan fingerprint density at radius 3 is 2.44 bits per heavy atom. The third-order valence-corrected chi connectivity index (χ3v) is 6.34. The third-order valence-electron chi connectivity index (χ3n) is 6.34. The number of hydrogen-bond acceptors (Lipinski definition) is 3. The summed E-state index contributed by atoms with van der Waals surface area (Å²) in [6.07, 6.45) is 10.6. The molecule has 2 amide bonds. The van der Waals surface area contributed by atoms with Crippen LogP contribution in [0.1, 0.15) is 80.1 Å². The van der Waals surface area contributed by atoms with Crippen molar-refractivity contribution in [3.05, 3.63) is 29.3 Å². The first-order chi connectivity index (χ1) is 13.0. The molecule has 5 nitrogen and oxygen atoms in total. The largest absolute Gasteiger partial charge is 0.349 e. The van der Waals surface area contributed by atoms with E-state index in [1.54, 1.807) is 6.07 Å². The molecule has 2 aliphatic carbocycles. The monoisotopic (exact) mass is 371 g/mol. The molecule has 0 aromatic heterocycles. The fourth-order valence-corrected chi connectivity index (χ4v) is 4.57. The molecule has 5 heteroatoms. The van der Waals surface area contributed by atoms with Crippen LogP contribution in [0.15, 0.2) is 18.2 Å². The second-order valence-corrected chi connectivity index (χ2v) is 8.47. The molecule has 0 saturated heterocycles. The van der Waals surface area contributed by atoms with Gasteiger partial charge in [0.15, 0.2) is 0 Å². The maximum atomic E-state index is 12.6. The van der Waals surface area contributed by atoms with Gasteiger partial charge >= 0.3 is 0 Å². The van der Waals surface area contributed by atoms with Crippen molar-refractivity contribution in [2.45, 2.75) is 77.2 Å². The van der Waals surface area contributed by atoms with Gasteiger partial charge in [-0.25, -0.2) is 0 Å². The number of nitrogens with two attached hydrogens (primary N) is 1. The van der Waals surface area contributed by atoms with Gasteiger partial charge in [0, 0.05) is 23.7 Å². The molecule has 2 fully saturated rings. The molecule has 0 heterocycles. The minimum Gasteiger partial charge on any atom is -0.349 e. The van der Waals surface area contributed by atoms with E-state index >= 15 is 0 Å². The Balaban J connectivity index is 1.59. The SMILES string of the molecule is Cc1cc(C(=O)NC2CCCC2)ccc1NC(=O)CC1(CN)CCCCC1. The van der Waals surface area contributed by atoms with Crippen molar-refractivity contribution in [2.75, 3.05) is 11.9 Å². The Hall–Kier alpha value is -1.88. The van der Waals surface area contributed by atoms with Crippen LogP contribution in [0.3, 0.4) is 0 Å². The molecular formula is C22H33N3O2. The molecule has 148 valence electrons. The highest BCUT2D eigenvalue weighted by molar-refractivity contribution is 5.96. The van der Waals surface area contributed by atoms with Crippen molar-refractivity contribution >= 4 is 17.5 Å². The maximum Gasteiger partial charge on any atom is 0.251 e. The number of carbonyl (C=O) groups excluding carboxylic acids is 2. The Bertz CT molecular complexity index is 674. The van der Waals surface area contributed by atoms with Gasteiger partial charge in [0.2, 0.25) is 5.91 Å². The van der Waals surface area contributed by atoms with Crippen LogP contribution in [0.25, 0.3) is 0 Å². The van der Waals surface area contributed by atoms with Crippen molar-refractivity contribution in [2.24, 2.45) is 11.1 Å². The fraction of sp³-hybridized carbons (Fsp3) is 0.636. The second-order valence-electron chi connectivity index (χ2n) is 8.47. The molecule has 0 atom stereocenters. The van der Waals surface area contributed by atoms with Crippen LogP contribution < -0.4 is 16.4 Å². The molecule has 4 N–H and O–H groups in total. The van der Waals surface area contributed by atoms with E-state index in [2.05, 4.69) is 10.6 Å². The molecule has 1 aromatic rings. The van der Waals surface area contributed by atoms with Crippen LogP contribution in [0, 0.1) is 12.3 Å². The Labute approximate surface area is 162 Å². The number of carbonyl (C=O) groups is 2. The average Bonchev–Trinajstić information content (AvgIpc) is 3.17. The van der Waals surface area contributed by atoms with Gasteiger partial charge in [-0.15, -0.1) is 0 Å². The summed E-state index contributed by atoms with van der Waals surface area (Å²) in [5.74, 6) is 0.000717. The van der Waals surface area contributed by atoms with E-state index in [-0.39, 0.29) is 17.2 Å². The Morgan fingerprint density at radius 2 is 1.81 bits per heavy atom. The quantitative estimate of drug-likeness (QED) is 0.709. The van der Waals surface area contributed by atoms with Gasteiger partial charge in [-0.3, -0.25) is 9.59 Å². The predicted molar refractivity (Wildman–Crippen MR) is 109 cm³/mol. The van der Waals surface area contributed by atoms with Gasteiger partial charge in [0.05, 0.1) is 0 Å². The summed E-state index contributed by atoms with van der Waals surface area (Å²) in [4.78, 5) is 25.0. The van der Waals surface area contributed by atoms with Gasteiger partial charge in [-0.2, -0.15) is 0 Å². The Morgan fingerprint density at radius 1 is 1.11 bits per heavy atom. The average molecular weight is 372 g/mol. The highest BCUT2D eigenvalue weighted by atomic mass is 16.2. The molecule has 27 heavy (non-hydrogen) atoms. The number of aryl methyl sites for hydroxylation is 1.